The molecule has 2 heteroatoms. The van der Waals surface area contributed by atoms with Crippen LogP contribution in [-0.4, -0.2) is 13.2 Å². The van der Waals surface area contributed by atoms with Crippen molar-refractivity contribution < 1.29 is 5.11 Å². The molecule has 0 spiro atoms. The molecule has 0 saturated heterocycles. The Morgan fingerprint density at radius 3 is 2.45 bits per heavy atom. The largest absolute Gasteiger partial charge is 0.508 e. The Labute approximate surface area is 177 Å². The van der Waals surface area contributed by atoms with Gasteiger partial charge in [0, 0.05) is 0 Å². The van der Waals surface area contributed by atoms with E-state index >= 15 is 0 Å². The third-order valence-corrected chi connectivity index (χ3v) is 11.9. The first-order valence-electron chi connectivity index (χ1n) is 11.1. The predicted octanol–water partition coefficient (Wildman–Crippen LogP) is 6.75. The van der Waals surface area contributed by atoms with Crippen molar-refractivity contribution in [2.75, 3.05) is 0 Å². The van der Waals surface area contributed by atoms with Crippen LogP contribution in [0.4, 0.5) is 0 Å². The van der Waals surface area contributed by atoms with Gasteiger partial charge in [-0.3, -0.25) is 0 Å². The lowest BCUT2D eigenvalue weighted by Crippen LogP contribution is -2.48. The summed E-state index contributed by atoms with van der Waals surface area (Å²) >= 11 is 0. The third kappa shape index (κ3) is 3.30. The number of fused-ring (bicyclic) bond motifs is 3. The number of phenols is 1. The molecule has 0 amide bonds. The molecule has 29 heavy (non-hydrogen) atoms. The number of rotatable bonds is 2. The fourth-order valence-electron chi connectivity index (χ4n) is 6.10. The van der Waals surface area contributed by atoms with E-state index in [9.17, 15) is 5.11 Å². The van der Waals surface area contributed by atoms with Crippen LogP contribution in [0.2, 0.25) is 18.6 Å². The van der Waals surface area contributed by atoms with Crippen LogP contribution in [0, 0.1) is 18.8 Å². The van der Waals surface area contributed by atoms with Crippen molar-refractivity contribution in [3.63, 3.8) is 0 Å². The van der Waals surface area contributed by atoms with Crippen molar-refractivity contribution in [3.8, 4) is 5.75 Å². The van der Waals surface area contributed by atoms with Gasteiger partial charge in [0.1, 0.15) is 5.75 Å². The number of allylic oxidation sites excluding steroid dienone is 1. The maximum absolute atomic E-state index is 11.4. The Morgan fingerprint density at radius 1 is 1.07 bits per heavy atom. The average molecular weight is 405 g/mol. The lowest BCUT2D eigenvalue weighted by molar-refractivity contribution is 0.449. The molecule has 0 bridgehead atoms. The second-order valence-corrected chi connectivity index (χ2v) is 15.8. The average Bonchev–Trinajstić information content (AvgIpc) is 3.00. The lowest BCUT2D eigenvalue weighted by atomic mass is 9.78. The summed E-state index contributed by atoms with van der Waals surface area (Å²) in [4.78, 5) is 0. The quantitative estimate of drug-likeness (QED) is 0.549. The third-order valence-electron chi connectivity index (χ3n) is 7.65. The summed E-state index contributed by atoms with van der Waals surface area (Å²) in [5.41, 5.74) is 5.89. The molecule has 1 saturated carbocycles. The van der Waals surface area contributed by atoms with Crippen molar-refractivity contribution in [1.82, 2.24) is 0 Å². The van der Waals surface area contributed by atoms with Gasteiger partial charge in [0.25, 0.3) is 0 Å². The number of aromatic hydroxyl groups is 1. The smallest absolute Gasteiger partial charge is 0.118 e. The second kappa shape index (κ2) is 6.87. The fourth-order valence-corrected chi connectivity index (χ4v) is 10.1. The van der Waals surface area contributed by atoms with Crippen molar-refractivity contribution in [2.45, 2.75) is 71.0 Å². The molecule has 2 aromatic rings. The summed E-state index contributed by atoms with van der Waals surface area (Å²) in [6.07, 6.45) is 6.10. The van der Waals surface area contributed by atoms with Crippen LogP contribution in [0.15, 0.2) is 42.5 Å². The molecular weight excluding hydrogens is 368 g/mol. The molecule has 4 unspecified atom stereocenters. The van der Waals surface area contributed by atoms with E-state index in [1.54, 1.807) is 0 Å². The molecule has 2 aromatic carbocycles. The van der Waals surface area contributed by atoms with Crippen molar-refractivity contribution in [3.05, 3.63) is 64.7 Å². The van der Waals surface area contributed by atoms with Crippen LogP contribution < -0.4 is 5.19 Å². The summed E-state index contributed by atoms with van der Waals surface area (Å²) in [5, 5.41) is 12.6. The highest BCUT2D eigenvalue weighted by Crippen LogP contribution is 2.57. The van der Waals surface area contributed by atoms with E-state index < -0.39 is 8.07 Å². The highest BCUT2D eigenvalue weighted by molar-refractivity contribution is 6.91. The zero-order valence-corrected chi connectivity index (χ0v) is 20.1. The molecular formula is C27H36OSi. The first-order chi connectivity index (χ1) is 13.5. The Bertz CT molecular complexity index is 963. The number of benzene rings is 2. The molecule has 0 aliphatic heterocycles. The summed E-state index contributed by atoms with van der Waals surface area (Å²) in [7, 11) is -1.91. The first kappa shape index (κ1) is 20.5. The molecule has 0 radical (unpaired) electrons. The van der Waals surface area contributed by atoms with E-state index in [0.29, 0.717) is 29.0 Å². The zero-order valence-electron chi connectivity index (χ0n) is 19.1. The topological polar surface area (TPSA) is 20.2 Å². The Balaban J connectivity index is 1.79. The van der Waals surface area contributed by atoms with Gasteiger partial charge in [-0.15, -0.1) is 0 Å². The number of phenolic OH excluding ortho intramolecular Hbond substituents is 1. The highest BCUT2D eigenvalue weighted by atomic mass is 28.3. The molecule has 2 aliphatic rings. The molecule has 1 nitrogen and oxygen atoms in total. The standard InChI is InChI=1S/C27H36OSi/c1-17-14-22(27(3,4)5)26(28)24(15-17)29(6,7)23-16-18(2)25-20-11-9-8-10-19(20)12-13-21(23)25/h8-15,18,21,23,25,28H,16H2,1-7H3. The van der Waals surface area contributed by atoms with Gasteiger partial charge >= 0.3 is 0 Å². The molecule has 4 rings (SSSR count). The number of hydrogen-bond acceptors (Lipinski definition) is 1. The summed E-state index contributed by atoms with van der Waals surface area (Å²) in [5.74, 6) is 2.44. The molecule has 1 N–H and O–H groups in total. The Hall–Kier alpha value is -1.80. The summed E-state index contributed by atoms with van der Waals surface area (Å²) in [6, 6.07) is 13.4. The van der Waals surface area contributed by atoms with Crippen molar-refractivity contribution in [2.24, 2.45) is 11.8 Å². The van der Waals surface area contributed by atoms with Gasteiger partial charge in [-0.1, -0.05) is 94.9 Å². The Kier molecular flexibility index (Phi) is 4.85. The second-order valence-electron chi connectivity index (χ2n) is 11.1. The SMILES string of the molecule is Cc1cc(C(C)(C)C)c(O)c([Si](C)(C)C2CC(C)C3c4ccccc4C=CC32)c1. The van der Waals surface area contributed by atoms with Gasteiger partial charge < -0.3 is 5.11 Å². The summed E-state index contributed by atoms with van der Waals surface area (Å²) < 4.78 is 0. The minimum absolute atomic E-state index is 0.0511. The normalized spacial score (nSPS) is 26.3. The van der Waals surface area contributed by atoms with E-state index in [1.165, 1.54) is 28.3 Å². The molecule has 0 heterocycles. The van der Waals surface area contributed by atoms with Crippen molar-refractivity contribution in [1.29, 1.82) is 0 Å². The van der Waals surface area contributed by atoms with Crippen molar-refractivity contribution >= 4 is 19.3 Å². The van der Waals surface area contributed by atoms with Crippen LogP contribution in [0.1, 0.15) is 62.3 Å². The van der Waals surface area contributed by atoms with E-state index in [-0.39, 0.29) is 5.41 Å². The van der Waals surface area contributed by atoms with Crippen LogP contribution in [0.3, 0.4) is 0 Å². The Morgan fingerprint density at radius 2 is 1.76 bits per heavy atom. The van der Waals surface area contributed by atoms with Gasteiger partial charge in [-0.25, -0.2) is 0 Å². The minimum atomic E-state index is -1.91. The minimum Gasteiger partial charge on any atom is -0.508 e. The van der Waals surface area contributed by atoms with E-state index in [4.69, 9.17) is 0 Å². The summed E-state index contributed by atoms with van der Waals surface area (Å²) in [6.45, 7) is 16.2. The number of hydrogen-bond donors (Lipinski definition) is 1. The number of aryl methyl sites for hydroxylation is 1. The van der Waals surface area contributed by atoms with Crippen LogP contribution in [0.25, 0.3) is 6.08 Å². The van der Waals surface area contributed by atoms with Gasteiger partial charge in [-0.05, 0) is 63.9 Å². The van der Waals surface area contributed by atoms with Gasteiger partial charge in [0.05, 0.1) is 8.07 Å². The van der Waals surface area contributed by atoms with E-state index in [1.807, 2.05) is 0 Å². The highest BCUT2D eigenvalue weighted by Gasteiger charge is 2.50. The maximum atomic E-state index is 11.4. The van der Waals surface area contributed by atoms with Gasteiger partial charge in [0.15, 0.2) is 0 Å². The first-order valence-corrected chi connectivity index (χ1v) is 14.2. The van der Waals surface area contributed by atoms with Crippen LogP contribution in [0.5, 0.6) is 5.75 Å². The molecule has 2 aliphatic carbocycles. The van der Waals surface area contributed by atoms with E-state index in [2.05, 4.69) is 96.3 Å². The predicted molar refractivity (Wildman–Crippen MR) is 128 cm³/mol. The molecule has 1 fully saturated rings. The monoisotopic (exact) mass is 404 g/mol. The lowest BCUT2D eigenvalue weighted by Gasteiger charge is -2.38. The zero-order chi connectivity index (χ0) is 21.1. The van der Waals surface area contributed by atoms with E-state index in [0.717, 1.165) is 5.56 Å². The molecule has 0 aromatic heterocycles. The fraction of sp³-hybridized carbons (Fsp3) is 0.481. The molecule has 154 valence electrons. The van der Waals surface area contributed by atoms with Crippen LogP contribution in [-0.2, 0) is 5.41 Å². The molecule has 4 atom stereocenters. The maximum Gasteiger partial charge on any atom is 0.118 e. The van der Waals surface area contributed by atoms with Gasteiger partial charge in [-0.2, -0.15) is 0 Å². The van der Waals surface area contributed by atoms with Crippen LogP contribution >= 0.6 is 0 Å². The van der Waals surface area contributed by atoms with Gasteiger partial charge in [0.2, 0.25) is 0 Å².